The van der Waals surface area contributed by atoms with Gasteiger partial charge in [0.1, 0.15) is 0 Å². The molecule has 1 aromatic heterocycles. The van der Waals surface area contributed by atoms with Crippen LogP contribution in [0.2, 0.25) is 0 Å². The first-order valence-corrected chi connectivity index (χ1v) is 5.86. The van der Waals surface area contributed by atoms with E-state index in [4.69, 9.17) is 11.6 Å². The Hall–Kier alpha value is -1.35. The van der Waals surface area contributed by atoms with Crippen molar-refractivity contribution in [2.75, 3.05) is 5.88 Å². The molecule has 0 unspecified atom stereocenters. The van der Waals surface area contributed by atoms with Gasteiger partial charge >= 0.3 is 0 Å². The Labute approximate surface area is 98.7 Å². The molecule has 16 heavy (non-hydrogen) atoms. The topological polar surface area (TPSA) is 34.9 Å². The van der Waals surface area contributed by atoms with E-state index in [9.17, 15) is 4.79 Å². The predicted molar refractivity (Wildman–Crippen MR) is 66.0 cm³/mol. The third kappa shape index (κ3) is 2.25. The highest BCUT2D eigenvalue weighted by Crippen LogP contribution is 2.05. The first kappa shape index (κ1) is 11.1. The average molecular weight is 237 g/mol. The summed E-state index contributed by atoms with van der Waals surface area (Å²) >= 11 is 5.60. The number of fused-ring (bicyclic) bond motifs is 1. The SMILES string of the molecule is O=c1c2ccccc2ncn1CCCCCl. The van der Waals surface area contributed by atoms with Crippen molar-refractivity contribution < 1.29 is 0 Å². The van der Waals surface area contributed by atoms with Crippen molar-refractivity contribution >= 4 is 22.5 Å². The molecule has 2 aromatic rings. The van der Waals surface area contributed by atoms with Crippen LogP contribution in [0.1, 0.15) is 12.8 Å². The maximum absolute atomic E-state index is 12.0. The van der Waals surface area contributed by atoms with Gasteiger partial charge in [0, 0.05) is 12.4 Å². The largest absolute Gasteiger partial charge is 0.299 e. The lowest BCUT2D eigenvalue weighted by Crippen LogP contribution is -2.20. The lowest BCUT2D eigenvalue weighted by Gasteiger charge is -2.05. The van der Waals surface area contributed by atoms with Gasteiger partial charge in [0.05, 0.1) is 17.2 Å². The first-order chi connectivity index (χ1) is 7.83. The molecule has 0 radical (unpaired) electrons. The Morgan fingerprint density at radius 3 is 2.88 bits per heavy atom. The molecule has 84 valence electrons. The maximum atomic E-state index is 12.0. The summed E-state index contributed by atoms with van der Waals surface area (Å²) in [6.07, 6.45) is 3.43. The van der Waals surface area contributed by atoms with E-state index in [-0.39, 0.29) is 5.56 Å². The van der Waals surface area contributed by atoms with Gasteiger partial charge in [-0.15, -0.1) is 11.6 Å². The number of unbranched alkanes of at least 4 members (excludes halogenated alkanes) is 1. The van der Waals surface area contributed by atoms with Gasteiger partial charge in [0.25, 0.3) is 5.56 Å². The minimum Gasteiger partial charge on any atom is -0.299 e. The summed E-state index contributed by atoms with van der Waals surface area (Å²) in [6, 6.07) is 7.39. The lowest BCUT2D eigenvalue weighted by molar-refractivity contribution is 0.610. The van der Waals surface area contributed by atoms with Crippen molar-refractivity contribution in [3.05, 3.63) is 40.9 Å². The molecule has 0 bridgehead atoms. The van der Waals surface area contributed by atoms with E-state index in [1.54, 1.807) is 10.9 Å². The molecule has 0 fully saturated rings. The Morgan fingerprint density at radius 2 is 2.06 bits per heavy atom. The smallest absolute Gasteiger partial charge is 0.261 e. The number of aromatic nitrogens is 2. The minimum atomic E-state index is 0.0279. The molecule has 0 aliphatic heterocycles. The summed E-state index contributed by atoms with van der Waals surface area (Å²) in [5.41, 5.74) is 0.779. The molecule has 0 saturated heterocycles. The fourth-order valence-electron chi connectivity index (χ4n) is 1.64. The number of alkyl halides is 1. The fourth-order valence-corrected chi connectivity index (χ4v) is 1.83. The second kappa shape index (κ2) is 5.12. The maximum Gasteiger partial charge on any atom is 0.261 e. The van der Waals surface area contributed by atoms with E-state index in [0.29, 0.717) is 17.8 Å². The van der Waals surface area contributed by atoms with Crippen molar-refractivity contribution in [1.29, 1.82) is 0 Å². The van der Waals surface area contributed by atoms with Gasteiger partial charge in [-0.2, -0.15) is 0 Å². The Morgan fingerprint density at radius 1 is 1.25 bits per heavy atom. The number of nitrogens with zero attached hydrogens (tertiary/aromatic N) is 2. The first-order valence-electron chi connectivity index (χ1n) is 5.33. The molecule has 0 aliphatic rings. The molecule has 1 aromatic carbocycles. The highest BCUT2D eigenvalue weighted by Gasteiger charge is 2.02. The zero-order valence-corrected chi connectivity index (χ0v) is 9.65. The highest BCUT2D eigenvalue weighted by atomic mass is 35.5. The van der Waals surface area contributed by atoms with Crippen molar-refractivity contribution in [3.63, 3.8) is 0 Å². The summed E-state index contributed by atoms with van der Waals surface area (Å²) in [4.78, 5) is 16.3. The van der Waals surface area contributed by atoms with E-state index in [2.05, 4.69) is 4.98 Å². The molecular weight excluding hydrogens is 224 g/mol. The number of hydrogen-bond donors (Lipinski definition) is 0. The third-order valence-corrected chi connectivity index (χ3v) is 2.78. The van der Waals surface area contributed by atoms with Crippen LogP contribution in [0.25, 0.3) is 10.9 Å². The van der Waals surface area contributed by atoms with Crippen LogP contribution in [0.5, 0.6) is 0 Å². The Kier molecular flexibility index (Phi) is 3.57. The number of halogens is 1. The van der Waals surface area contributed by atoms with E-state index in [1.165, 1.54) is 0 Å². The number of hydrogen-bond acceptors (Lipinski definition) is 2. The van der Waals surface area contributed by atoms with Crippen LogP contribution in [-0.4, -0.2) is 15.4 Å². The highest BCUT2D eigenvalue weighted by molar-refractivity contribution is 6.17. The van der Waals surface area contributed by atoms with Crippen molar-refractivity contribution in [2.24, 2.45) is 0 Å². The van der Waals surface area contributed by atoms with E-state index >= 15 is 0 Å². The zero-order chi connectivity index (χ0) is 11.4. The van der Waals surface area contributed by atoms with Crippen LogP contribution in [0.15, 0.2) is 35.4 Å². The standard InChI is InChI=1S/C12H13ClN2O/c13-7-3-4-8-15-9-14-11-6-2-1-5-10(11)12(15)16/h1-2,5-6,9H,3-4,7-8H2. The molecule has 1 heterocycles. The number of para-hydroxylation sites is 1. The second-order valence-electron chi connectivity index (χ2n) is 3.66. The van der Waals surface area contributed by atoms with Crippen molar-refractivity contribution in [2.45, 2.75) is 19.4 Å². The van der Waals surface area contributed by atoms with E-state index in [0.717, 1.165) is 18.4 Å². The second-order valence-corrected chi connectivity index (χ2v) is 4.03. The van der Waals surface area contributed by atoms with E-state index < -0.39 is 0 Å². The van der Waals surface area contributed by atoms with Gasteiger partial charge < -0.3 is 0 Å². The van der Waals surface area contributed by atoms with Gasteiger partial charge in [0.15, 0.2) is 0 Å². The molecule has 2 rings (SSSR count). The fraction of sp³-hybridized carbons (Fsp3) is 0.333. The molecule has 4 heteroatoms. The van der Waals surface area contributed by atoms with Gasteiger partial charge in [-0.1, -0.05) is 12.1 Å². The van der Waals surface area contributed by atoms with Crippen LogP contribution in [0.4, 0.5) is 0 Å². The number of benzene rings is 1. The third-order valence-electron chi connectivity index (χ3n) is 2.51. The Bertz CT molecular complexity index is 536. The normalized spacial score (nSPS) is 10.8. The van der Waals surface area contributed by atoms with Crippen LogP contribution in [0.3, 0.4) is 0 Å². The summed E-state index contributed by atoms with van der Waals surface area (Å²) in [6.45, 7) is 0.684. The molecule has 0 N–H and O–H groups in total. The van der Waals surface area contributed by atoms with Crippen LogP contribution >= 0.6 is 11.6 Å². The number of rotatable bonds is 4. The molecule has 0 spiro atoms. The quantitative estimate of drug-likeness (QED) is 0.604. The predicted octanol–water partition coefficient (Wildman–Crippen LogP) is 2.42. The minimum absolute atomic E-state index is 0.0279. The van der Waals surface area contributed by atoms with E-state index in [1.807, 2.05) is 24.3 Å². The molecular formula is C12H13ClN2O. The summed E-state index contributed by atoms with van der Waals surface area (Å²) in [5, 5.41) is 0.677. The van der Waals surface area contributed by atoms with Gasteiger partial charge in [0.2, 0.25) is 0 Å². The summed E-state index contributed by atoms with van der Waals surface area (Å²) in [7, 11) is 0. The van der Waals surface area contributed by atoms with Crippen molar-refractivity contribution in [1.82, 2.24) is 9.55 Å². The molecule has 0 aliphatic carbocycles. The van der Waals surface area contributed by atoms with Crippen LogP contribution in [0, 0.1) is 0 Å². The van der Waals surface area contributed by atoms with Gasteiger partial charge in [-0.05, 0) is 25.0 Å². The summed E-state index contributed by atoms with van der Waals surface area (Å²) in [5.74, 6) is 0.635. The lowest BCUT2D eigenvalue weighted by atomic mass is 10.2. The zero-order valence-electron chi connectivity index (χ0n) is 8.90. The van der Waals surface area contributed by atoms with Gasteiger partial charge in [-0.25, -0.2) is 4.98 Å². The molecule has 3 nitrogen and oxygen atoms in total. The molecule has 0 saturated carbocycles. The molecule has 0 atom stereocenters. The van der Waals surface area contributed by atoms with Crippen LogP contribution in [-0.2, 0) is 6.54 Å². The van der Waals surface area contributed by atoms with Crippen molar-refractivity contribution in [3.8, 4) is 0 Å². The van der Waals surface area contributed by atoms with Gasteiger partial charge in [-0.3, -0.25) is 9.36 Å². The number of aryl methyl sites for hydroxylation is 1. The average Bonchev–Trinajstić information content (AvgIpc) is 2.33. The monoisotopic (exact) mass is 236 g/mol. The molecule has 0 amide bonds. The summed E-state index contributed by atoms with van der Waals surface area (Å²) < 4.78 is 1.65. The van der Waals surface area contributed by atoms with Crippen LogP contribution < -0.4 is 5.56 Å². The Balaban J connectivity index is 2.33.